The van der Waals surface area contributed by atoms with Gasteiger partial charge in [0.05, 0.1) is 5.69 Å². The SMILES string of the molecule is CN(c1cc(C2=CCCCC2)sc1C(=O)O)C(=O)[C@H]1CC[C@H](C)CC1. The highest BCUT2D eigenvalue weighted by Gasteiger charge is 2.30. The average Bonchev–Trinajstić information content (AvgIpc) is 3.07. The molecule has 5 heteroatoms. The van der Waals surface area contributed by atoms with E-state index in [-0.39, 0.29) is 16.7 Å². The van der Waals surface area contributed by atoms with E-state index in [0.29, 0.717) is 11.6 Å². The number of rotatable bonds is 4. The molecule has 136 valence electrons. The van der Waals surface area contributed by atoms with Crippen molar-refractivity contribution < 1.29 is 14.7 Å². The Labute approximate surface area is 153 Å². The van der Waals surface area contributed by atoms with Gasteiger partial charge in [-0.2, -0.15) is 0 Å². The molecule has 2 aliphatic rings. The number of amides is 1. The van der Waals surface area contributed by atoms with Crippen LogP contribution in [-0.4, -0.2) is 24.0 Å². The average molecular weight is 362 g/mol. The molecule has 0 aliphatic heterocycles. The maximum Gasteiger partial charge on any atom is 0.348 e. The number of hydrogen-bond acceptors (Lipinski definition) is 3. The first-order valence-corrected chi connectivity index (χ1v) is 10.1. The number of nitrogens with zero attached hydrogens (tertiary/aromatic N) is 1. The predicted molar refractivity (Wildman–Crippen MR) is 102 cm³/mol. The summed E-state index contributed by atoms with van der Waals surface area (Å²) in [4.78, 5) is 27.5. The molecule has 1 fully saturated rings. The maximum atomic E-state index is 12.9. The Hall–Kier alpha value is -1.62. The van der Waals surface area contributed by atoms with Gasteiger partial charge in [-0.05, 0) is 68.9 Å². The molecule has 0 unspecified atom stereocenters. The molecule has 1 aromatic rings. The van der Waals surface area contributed by atoms with E-state index < -0.39 is 5.97 Å². The Bertz CT molecular complexity index is 683. The quantitative estimate of drug-likeness (QED) is 0.802. The lowest BCUT2D eigenvalue weighted by molar-refractivity contribution is -0.123. The van der Waals surface area contributed by atoms with Gasteiger partial charge >= 0.3 is 5.97 Å². The monoisotopic (exact) mass is 361 g/mol. The van der Waals surface area contributed by atoms with E-state index in [2.05, 4.69) is 13.0 Å². The molecule has 1 amide bonds. The molecule has 1 N–H and O–H groups in total. The van der Waals surface area contributed by atoms with Crippen LogP contribution in [0.3, 0.4) is 0 Å². The van der Waals surface area contributed by atoms with Gasteiger partial charge in [-0.25, -0.2) is 4.79 Å². The fourth-order valence-corrected chi connectivity index (χ4v) is 5.00. The number of carboxylic acid groups (broad SMARTS) is 1. The van der Waals surface area contributed by atoms with E-state index in [1.165, 1.54) is 23.3 Å². The number of anilines is 1. The largest absolute Gasteiger partial charge is 0.477 e. The van der Waals surface area contributed by atoms with Crippen molar-refractivity contribution in [3.05, 3.63) is 21.9 Å². The topological polar surface area (TPSA) is 57.6 Å². The normalized spacial score (nSPS) is 23.8. The Kier molecular flexibility index (Phi) is 5.62. The summed E-state index contributed by atoms with van der Waals surface area (Å²) in [6, 6.07) is 1.91. The fourth-order valence-electron chi connectivity index (χ4n) is 3.90. The Balaban J connectivity index is 1.84. The number of hydrogen-bond donors (Lipinski definition) is 1. The number of carbonyl (C=O) groups excluding carboxylic acids is 1. The third-order valence-corrected chi connectivity index (χ3v) is 6.76. The number of allylic oxidation sites excluding steroid dienone is 2. The van der Waals surface area contributed by atoms with Gasteiger partial charge in [0.15, 0.2) is 0 Å². The van der Waals surface area contributed by atoms with E-state index in [1.807, 2.05) is 6.07 Å². The second kappa shape index (κ2) is 7.73. The van der Waals surface area contributed by atoms with Crippen LogP contribution in [0.1, 0.15) is 72.8 Å². The third-order valence-electron chi connectivity index (χ3n) is 5.57. The first kappa shape index (κ1) is 18.2. The lowest BCUT2D eigenvalue weighted by atomic mass is 9.82. The van der Waals surface area contributed by atoms with Gasteiger partial charge in [0, 0.05) is 17.8 Å². The van der Waals surface area contributed by atoms with Crippen molar-refractivity contribution in [1.82, 2.24) is 0 Å². The second-order valence-electron chi connectivity index (χ2n) is 7.46. The smallest absolute Gasteiger partial charge is 0.348 e. The minimum Gasteiger partial charge on any atom is -0.477 e. The van der Waals surface area contributed by atoms with Crippen molar-refractivity contribution in [2.45, 2.75) is 58.3 Å². The van der Waals surface area contributed by atoms with Gasteiger partial charge < -0.3 is 10.0 Å². The number of carbonyl (C=O) groups is 2. The van der Waals surface area contributed by atoms with Gasteiger partial charge in [-0.3, -0.25) is 4.79 Å². The van der Waals surface area contributed by atoms with Crippen molar-refractivity contribution in [3.63, 3.8) is 0 Å². The maximum absolute atomic E-state index is 12.9. The molecule has 1 aromatic heterocycles. The van der Waals surface area contributed by atoms with Gasteiger partial charge in [0.25, 0.3) is 0 Å². The zero-order valence-corrected chi connectivity index (χ0v) is 15.9. The standard InChI is InChI=1S/C20H27NO3S/c1-13-8-10-15(11-9-13)19(22)21(2)16-12-17(25-18(16)20(23)24)14-6-4-3-5-7-14/h6,12-13,15H,3-5,7-11H2,1-2H3,(H,23,24)/t13-,15-. The van der Waals surface area contributed by atoms with Crippen LogP contribution >= 0.6 is 11.3 Å². The van der Waals surface area contributed by atoms with E-state index in [9.17, 15) is 14.7 Å². The van der Waals surface area contributed by atoms with Crippen molar-refractivity contribution >= 4 is 34.5 Å². The molecule has 1 heterocycles. The summed E-state index contributed by atoms with van der Waals surface area (Å²) in [6.07, 6.45) is 10.6. The summed E-state index contributed by atoms with van der Waals surface area (Å²) >= 11 is 1.31. The highest BCUT2D eigenvalue weighted by atomic mass is 32.1. The highest BCUT2D eigenvalue weighted by Crippen LogP contribution is 2.39. The zero-order chi connectivity index (χ0) is 18.0. The van der Waals surface area contributed by atoms with Crippen LogP contribution in [0.25, 0.3) is 5.57 Å². The molecule has 4 nitrogen and oxygen atoms in total. The van der Waals surface area contributed by atoms with Crippen LogP contribution in [0, 0.1) is 11.8 Å². The summed E-state index contributed by atoms with van der Waals surface area (Å²) in [5.41, 5.74) is 1.79. The van der Waals surface area contributed by atoms with Gasteiger partial charge in [-0.1, -0.05) is 13.0 Å². The Morgan fingerprint density at radius 1 is 1.20 bits per heavy atom. The Morgan fingerprint density at radius 2 is 1.92 bits per heavy atom. The molecule has 0 bridgehead atoms. The van der Waals surface area contributed by atoms with Crippen molar-refractivity contribution in [3.8, 4) is 0 Å². The molecule has 2 aliphatic carbocycles. The lowest BCUT2D eigenvalue weighted by Crippen LogP contribution is -2.35. The van der Waals surface area contributed by atoms with E-state index in [1.54, 1.807) is 11.9 Å². The molecule has 0 atom stereocenters. The molecule has 0 radical (unpaired) electrons. The van der Waals surface area contributed by atoms with Crippen LogP contribution in [-0.2, 0) is 4.79 Å². The predicted octanol–water partition coefficient (Wildman–Crippen LogP) is 5.19. The molecule has 3 rings (SSSR count). The highest BCUT2D eigenvalue weighted by molar-refractivity contribution is 7.15. The molecule has 0 spiro atoms. The van der Waals surface area contributed by atoms with Gasteiger partial charge in [-0.15, -0.1) is 11.3 Å². The fraction of sp³-hybridized carbons (Fsp3) is 0.600. The number of aromatic carboxylic acids is 1. The van der Waals surface area contributed by atoms with Crippen molar-refractivity contribution in [2.75, 3.05) is 11.9 Å². The summed E-state index contributed by atoms with van der Waals surface area (Å²) in [5, 5.41) is 9.61. The molecular formula is C20H27NO3S. The van der Waals surface area contributed by atoms with Crippen LogP contribution < -0.4 is 4.90 Å². The van der Waals surface area contributed by atoms with Gasteiger partial charge in [0.1, 0.15) is 4.88 Å². The second-order valence-corrected chi connectivity index (χ2v) is 8.51. The summed E-state index contributed by atoms with van der Waals surface area (Å²) in [7, 11) is 1.73. The summed E-state index contributed by atoms with van der Waals surface area (Å²) in [6.45, 7) is 2.23. The van der Waals surface area contributed by atoms with E-state index in [4.69, 9.17) is 0 Å². The van der Waals surface area contributed by atoms with Crippen LogP contribution in [0.4, 0.5) is 5.69 Å². The van der Waals surface area contributed by atoms with Crippen LogP contribution in [0.5, 0.6) is 0 Å². The first-order chi connectivity index (χ1) is 12.0. The molecule has 0 saturated heterocycles. The summed E-state index contributed by atoms with van der Waals surface area (Å²) < 4.78 is 0. The number of carboxylic acids is 1. The minimum atomic E-state index is -0.945. The summed E-state index contributed by atoms with van der Waals surface area (Å²) in [5.74, 6) is -0.161. The van der Waals surface area contributed by atoms with E-state index in [0.717, 1.165) is 49.8 Å². The van der Waals surface area contributed by atoms with E-state index >= 15 is 0 Å². The van der Waals surface area contributed by atoms with Crippen molar-refractivity contribution in [2.24, 2.45) is 11.8 Å². The van der Waals surface area contributed by atoms with Crippen LogP contribution in [0.2, 0.25) is 0 Å². The number of thiophene rings is 1. The third kappa shape index (κ3) is 3.97. The Morgan fingerprint density at radius 3 is 2.52 bits per heavy atom. The zero-order valence-electron chi connectivity index (χ0n) is 15.1. The van der Waals surface area contributed by atoms with Crippen molar-refractivity contribution in [1.29, 1.82) is 0 Å². The van der Waals surface area contributed by atoms with Gasteiger partial charge in [0.2, 0.25) is 5.91 Å². The molecule has 25 heavy (non-hydrogen) atoms. The molecular weight excluding hydrogens is 334 g/mol. The first-order valence-electron chi connectivity index (χ1n) is 9.31. The molecule has 1 saturated carbocycles. The van der Waals surface area contributed by atoms with Crippen LogP contribution in [0.15, 0.2) is 12.1 Å². The molecule has 0 aromatic carbocycles. The minimum absolute atomic E-state index is 0.0279. The lowest BCUT2D eigenvalue weighted by Gasteiger charge is -2.29.